The highest BCUT2D eigenvalue weighted by Gasteiger charge is 2.44. The number of urea groups is 1. The Morgan fingerprint density at radius 2 is 1.83 bits per heavy atom. The van der Waals surface area contributed by atoms with Crippen molar-refractivity contribution in [3.8, 4) is 6.07 Å². The van der Waals surface area contributed by atoms with Gasteiger partial charge in [0.1, 0.15) is 6.04 Å². The third-order valence-electron chi connectivity index (χ3n) is 5.46. The van der Waals surface area contributed by atoms with Gasteiger partial charge in [-0.2, -0.15) is 18.4 Å². The molecular weight excluding hydrogens is 463 g/mol. The molecule has 2 amide bonds. The zero-order valence-corrected chi connectivity index (χ0v) is 18.4. The van der Waals surface area contributed by atoms with Crippen molar-refractivity contribution in [3.63, 3.8) is 0 Å². The van der Waals surface area contributed by atoms with Gasteiger partial charge in [-0.3, -0.25) is 15.2 Å². The number of nitrogens with one attached hydrogen (secondary N) is 1. The first-order valence-corrected chi connectivity index (χ1v) is 9.86. The molecule has 3 N–H and O–H groups in total. The van der Waals surface area contributed by atoms with E-state index < -0.39 is 35.7 Å². The normalized spacial score (nSPS) is 15.9. The molecule has 1 unspecified atom stereocenters. The number of halogens is 3. The van der Waals surface area contributed by atoms with Gasteiger partial charge in [0.05, 0.1) is 29.9 Å². The third kappa shape index (κ3) is 4.82. The van der Waals surface area contributed by atoms with E-state index in [-0.39, 0.29) is 24.4 Å². The van der Waals surface area contributed by atoms with E-state index in [0.29, 0.717) is 16.7 Å². The predicted octanol–water partition coefficient (Wildman–Crippen LogP) is 4.85. The number of allylic oxidation sites excluding steroid dienone is 1. The minimum absolute atomic E-state index is 0. The Morgan fingerprint density at radius 3 is 2.34 bits per heavy atom. The summed E-state index contributed by atoms with van der Waals surface area (Å²) in [6.45, 7) is 3.09. The van der Waals surface area contributed by atoms with Gasteiger partial charge >= 0.3 is 18.2 Å². The molecule has 8 nitrogen and oxygen atoms in total. The van der Waals surface area contributed by atoms with E-state index in [4.69, 9.17) is 21.1 Å². The summed E-state index contributed by atoms with van der Waals surface area (Å²) >= 11 is 0. The van der Waals surface area contributed by atoms with E-state index in [2.05, 4.69) is 0 Å². The van der Waals surface area contributed by atoms with Gasteiger partial charge < -0.3 is 10.5 Å². The number of carbonyl (C=O) groups excluding carboxylic acids is 2. The third-order valence-corrected chi connectivity index (χ3v) is 5.46. The quantitative estimate of drug-likeness (QED) is 0.600. The number of hydrogen-bond acceptors (Lipinski definition) is 5. The van der Waals surface area contributed by atoms with Gasteiger partial charge in [-0.05, 0) is 55.3 Å². The second-order valence-electron chi connectivity index (χ2n) is 7.49. The molecule has 0 saturated heterocycles. The fraction of sp³-hybridized carbons (Fsp3) is 0.250. The molecule has 0 fully saturated rings. The number of rotatable bonds is 3. The monoisotopic (exact) mass is 487 g/mol. The molecule has 184 valence electrons. The van der Waals surface area contributed by atoms with Crippen LogP contribution in [0.2, 0.25) is 0 Å². The topological polar surface area (TPSA) is 124 Å². The zero-order chi connectivity index (χ0) is 25.4. The molecule has 0 spiro atoms. The number of primary amides is 1. The Hall–Kier alpha value is -4.33. The Bertz CT molecular complexity index is 1260. The number of alkyl halides is 3. The number of carbonyl (C=O) groups is 2. The molecule has 2 aromatic rings. The summed E-state index contributed by atoms with van der Waals surface area (Å²) in [5.41, 5.74) is 5.78. The van der Waals surface area contributed by atoms with Crippen LogP contribution in [-0.2, 0) is 15.7 Å². The molecule has 3 rings (SSSR count). The molecule has 2 aromatic carbocycles. The van der Waals surface area contributed by atoms with Gasteiger partial charge in [0, 0.05) is 11.4 Å². The SMILES string of the molecule is C.COC(=O)C1=C(C)N(c2cccc(C(F)(F)F)c2)C(=N)N(C(N)=O)C1c1ccc(C#N)cc1C. The van der Waals surface area contributed by atoms with Crippen molar-refractivity contribution in [1.82, 2.24) is 4.90 Å². The maximum absolute atomic E-state index is 13.3. The standard InChI is InChI=1S/C23H20F3N5O3.CH4/c1-12-9-14(11-27)7-8-17(12)19-18(20(32)34-3)13(2)30(21(28)31(19)22(29)33)16-6-4-5-15(10-16)23(24,25)26;/h4-10,19,28H,1-3H3,(H2,29,33);1H4. The molecule has 11 heteroatoms. The van der Waals surface area contributed by atoms with Crippen molar-refractivity contribution in [2.45, 2.75) is 33.5 Å². The number of nitrogens with zero attached hydrogens (tertiary/aromatic N) is 3. The second-order valence-corrected chi connectivity index (χ2v) is 7.49. The average molecular weight is 487 g/mol. The first kappa shape index (κ1) is 26.9. The minimum Gasteiger partial charge on any atom is -0.466 e. The lowest BCUT2D eigenvalue weighted by Gasteiger charge is -2.43. The zero-order valence-electron chi connectivity index (χ0n) is 18.4. The van der Waals surface area contributed by atoms with Crippen LogP contribution in [0.5, 0.6) is 0 Å². The number of esters is 1. The molecule has 35 heavy (non-hydrogen) atoms. The van der Waals surface area contributed by atoms with Crippen molar-refractivity contribution in [2.75, 3.05) is 12.0 Å². The highest BCUT2D eigenvalue weighted by atomic mass is 19.4. The number of guanidine groups is 1. The van der Waals surface area contributed by atoms with Crippen molar-refractivity contribution >= 4 is 23.6 Å². The maximum Gasteiger partial charge on any atom is 0.416 e. The van der Waals surface area contributed by atoms with Gasteiger partial charge in [0.25, 0.3) is 0 Å². The Morgan fingerprint density at radius 1 is 1.17 bits per heavy atom. The molecule has 0 bridgehead atoms. The molecule has 0 aliphatic carbocycles. The van der Waals surface area contributed by atoms with Crippen LogP contribution in [-0.4, -0.2) is 30.0 Å². The van der Waals surface area contributed by atoms with Crippen LogP contribution in [0.4, 0.5) is 23.7 Å². The number of hydrogen-bond donors (Lipinski definition) is 2. The summed E-state index contributed by atoms with van der Waals surface area (Å²) in [6.07, 6.45) is -4.65. The van der Waals surface area contributed by atoms with E-state index in [1.807, 2.05) is 6.07 Å². The van der Waals surface area contributed by atoms with Crippen molar-refractivity contribution < 1.29 is 27.5 Å². The van der Waals surface area contributed by atoms with E-state index in [1.54, 1.807) is 13.0 Å². The van der Waals surface area contributed by atoms with Crippen LogP contribution < -0.4 is 10.6 Å². The highest BCUT2D eigenvalue weighted by molar-refractivity contribution is 6.10. The van der Waals surface area contributed by atoms with Gasteiger partial charge in [0.2, 0.25) is 5.96 Å². The second kappa shape index (κ2) is 9.89. The Labute approximate surface area is 200 Å². The van der Waals surface area contributed by atoms with Gasteiger partial charge in [0.15, 0.2) is 0 Å². The van der Waals surface area contributed by atoms with E-state index in [0.717, 1.165) is 35.1 Å². The number of amides is 2. The Kier molecular flexibility index (Phi) is 7.60. The molecule has 1 aliphatic heterocycles. The van der Waals surface area contributed by atoms with Crippen LogP contribution in [0.15, 0.2) is 53.7 Å². The van der Waals surface area contributed by atoms with Crippen molar-refractivity contribution in [2.24, 2.45) is 5.73 Å². The lowest BCUT2D eigenvalue weighted by atomic mass is 9.89. The largest absolute Gasteiger partial charge is 0.466 e. The van der Waals surface area contributed by atoms with Crippen molar-refractivity contribution in [3.05, 3.63) is 76.0 Å². The fourth-order valence-electron chi connectivity index (χ4n) is 3.92. The molecule has 0 radical (unpaired) electrons. The number of aryl methyl sites for hydroxylation is 1. The lowest BCUT2D eigenvalue weighted by Crippen LogP contribution is -2.55. The average Bonchev–Trinajstić information content (AvgIpc) is 2.77. The first-order chi connectivity index (χ1) is 15.9. The number of methoxy groups -OCH3 is 1. The fourth-order valence-corrected chi connectivity index (χ4v) is 3.92. The minimum atomic E-state index is -4.65. The van der Waals surface area contributed by atoms with Crippen molar-refractivity contribution in [1.29, 1.82) is 10.7 Å². The first-order valence-electron chi connectivity index (χ1n) is 9.86. The summed E-state index contributed by atoms with van der Waals surface area (Å²) in [5.74, 6) is -1.41. The Balaban J connectivity index is 0.00000432. The highest BCUT2D eigenvalue weighted by Crippen LogP contribution is 2.41. The number of benzene rings is 2. The molecule has 1 atom stereocenters. The molecule has 1 aliphatic rings. The maximum atomic E-state index is 13.3. The summed E-state index contributed by atoms with van der Waals surface area (Å²) in [7, 11) is 1.12. The van der Waals surface area contributed by atoms with E-state index in [1.165, 1.54) is 25.1 Å². The van der Waals surface area contributed by atoms with Gasteiger partial charge in [-0.25, -0.2) is 9.59 Å². The molecule has 0 saturated carbocycles. The number of ether oxygens (including phenoxy) is 1. The summed E-state index contributed by atoms with van der Waals surface area (Å²) < 4.78 is 44.9. The molecular formula is C24H24F3N5O3. The van der Waals surface area contributed by atoms with E-state index in [9.17, 15) is 22.8 Å². The smallest absolute Gasteiger partial charge is 0.416 e. The number of nitriles is 1. The van der Waals surface area contributed by atoms with Crippen LogP contribution >= 0.6 is 0 Å². The van der Waals surface area contributed by atoms with Crippen LogP contribution in [0.1, 0.15) is 42.6 Å². The lowest BCUT2D eigenvalue weighted by molar-refractivity contribution is -0.138. The molecule has 0 aromatic heterocycles. The van der Waals surface area contributed by atoms with E-state index >= 15 is 0 Å². The summed E-state index contributed by atoms with van der Waals surface area (Å²) in [5, 5.41) is 17.8. The number of nitrogens with two attached hydrogens (primary N) is 1. The summed E-state index contributed by atoms with van der Waals surface area (Å²) in [6, 6.07) is 8.37. The van der Waals surface area contributed by atoms with Gasteiger partial charge in [-0.1, -0.05) is 19.6 Å². The summed E-state index contributed by atoms with van der Waals surface area (Å²) in [4.78, 5) is 27.2. The van der Waals surface area contributed by atoms with Crippen LogP contribution in [0.25, 0.3) is 0 Å². The predicted molar refractivity (Wildman–Crippen MR) is 123 cm³/mol. The van der Waals surface area contributed by atoms with Crippen LogP contribution in [0, 0.1) is 23.7 Å². The molecule has 1 heterocycles. The van der Waals surface area contributed by atoms with Crippen LogP contribution in [0.3, 0.4) is 0 Å². The number of anilines is 1. The van der Waals surface area contributed by atoms with Gasteiger partial charge in [-0.15, -0.1) is 0 Å².